The van der Waals surface area contributed by atoms with Gasteiger partial charge in [-0.05, 0) is 26.2 Å². The summed E-state index contributed by atoms with van der Waals surface area (Å²) in [5.74, 6) is 1.40. The summed E-state index contributed by atoms with van der Waals surface area (Å²) < 4.78 is 10.5. The monoisotopic (exact) mass is 289 g/mol. The third kappa shape index (κ3) is 2.70. The van der Waals surface area contributed by atoms with E-state index >= 15 is 0 Å². The number of aryl methyl sites for hydroxylation is 2. The average Bonchev–Trinajstić information content (AvgIpc) is 3.17. The first kappa shape index (κ1) is 13.9. The molecule has 0 aromatic carbocycles. The first-order valence-electron chi connectivity index (χ1n) is 7.39. The van der Waals surface area contributed by atoms with Gasteiger partial charge >= 0.3 is 0 Å². The van der Waals surface area contributed by atoms with Crippen molar-refractivity contribution in [3.63, 3.8) is 0 Å². The zero-order chi connectivity index (χ0) is 14.8. The topological polar surface area (TPSA) is 72.4 Å². The summed E-state index contributed by atoms with van der Waals surface area (Å²) in [5, 5.41) is 7.81. The number of amides is 1. The predicted octanol–water partition coefficient (Wildman–Crippen LogP) is 2.90. The molecule has 1 aliphatic rings. The minimum absolute atomic E-state index is 0.0509. The Hall–Kier alpha value is -2.11. The first-order valence-corrected chi connectivity index (χ1v) is 7.39. The van der Waals surface area contributed by atoms with Crippen LogP contribution in [0.5, 0.6) is 0 Å². The summed E-state index contributed by atoms with van der Waals surface area (Å²) in [7, 11) is 0. The van der Waals surface area contributed by atoms with Crippen LogP contribution in [0.4, 0.5) is 0 Å². The number of likely N-dealkylation sites (tertiary alicyclic amines) is 1. The summed E-state index contributed by atoms with van der Waals surface area (Å²) in [6, 6.07) is 3.58. The maximum Gasteiger partial charge on any atom is 0.276 e. The highest BCUT2D eigenvalue weighted by molar-refractivity contribution is 5.92. The van der Waals surface area contributed by atoms with E-state index in [4.69, 9.17) is 9.05 Å². The highest BCUT2D eigenvalue weighted by Gasteiger charge is 2.34. The summed E-state index contributed by atoms with van der Waals surface area (Å²) in [4.78, 5) is 14.4. The molecule has 0 saturated carbocycles. The van der Waals surface area contributed by atoms with E-state index < -0.39 is 0 Å². The summed E-state index contributed by atoms with van der Waals surface area (Å²) in [6.45, 7) is 4.65. The van der Waals surface area contributed by atoms with Crippen LogP contribution >= 0.6 is 0 Å². The molecule has 0 aliphatic carbocycles. The molecule has 112 valence electrons. The van der Waals surface area contributed by atoms with Gasteiger partial charge in [0.2, 0.25) is 0 Å². The molecule has 3 heterocycles. The number of carbonyl (C=O) groups is 1. The standard InChI is InChI=1S/C15H19N3O3/c1-3-5-11-9-12(17-20-11)15(19)18-7-4-6-13(18)14-8-10(2)16-21-14/h8-9,13H,3-7H2,1-2H3. The van der Waals surface area contributed by atoms with Gasteiger partial charge in [0.1, 0.15) is 5.76 Å². The number of hydrogen-bond acceptors (Lipinski definition) is 5. The van der Waals surface area contributed by atoms with E-state index in [9.17, 15) is 4.79 Å². The third-order valence-electron chi connectivity index (χ3n) is 3.76. The molecule has 0 N–H and O–H groups in total. The van der Waals surface area contributed by atoms with Crippen molar-refractivity contribution in [1.82, 2.24) is 15.2 Å². The predicted molar refractivity (Wildman–Crippen MR) is 74.7 cm³/mol. The second kappa shape index (κ2) is 5.71. The lowest BCUT2D eigenvalue weighted by atomic mass is 10.1. The van der Waals surface area contributed by atoms with Crippen LogP contribution in [0, 0.1) is 6.92 Å². The molecule has 1 saturated heterocycles. The van der Waals surface area contributed by atoms with E-state index in [0.717, 1.165) is 42.9 Å². The molecule has 1 aliphatic heterocycles. The van der Waals surface area contributed by atoms with Gasteiger partial charge in [0.25, 0.3) is 5.91 Å². The number of carbonyl (C=O) groups excluding carboxylic acids is 1. The molecule has 1 unspecified atom stereocenters. The summed E-state index contributed by atoms with van der Waals surface area (Å²) in [6.07, 6.45) is 3.60. The van der Waals surface area contributed by atoms with Crippen molar-refractivity contribution in [2.24, 2.45) is 0 Å². The van der Waals surface area contributed by atoms with Crippen LogP contribution in [0.1, 0.15) is 59.9 Å². The average molecular weight is 289 g/mol. The van der Waals surface area contributed by atoms with E-state index in [1.807, 2.05) is 13.0 Å². The molecule has 3 rings (SSSR count). The summed E-state index contributed by atoms with van der Waals surface area (Å²) in [5.41, 5.74) is 1.21. The lowest BCUT2D eigenvalue weighted by Gasteiger charge is -2.21. The Bertz CT molecular complexity index is 632. The first-order chi connectivity index (χ1) is 10.2. The molecule has 2 aromatic rings. The van der Waals surface area contributed by atoms with E-state index in [1.54, 1.807) is 11.0 Å². The maximum absolute atomic E-state index is 12.6. The fraction of sp³-hybridized carbons (Fsp3) is 0.533. The van der Waals surface area contributed by atoms with Gasteiger partial charge in [-0.15, -0.1) is 0 Å². The zero-order valence-corrected chi connectivity index (χ0v) is 12.3. The molecule has 21 heavy (non-hydrogen) atoms. The lowest BCUT2D eigenvalue weighted by Crippen LogP contribution is -2.30. The molecular weight excluding hydrogens is 270 g/mol. The van der Waals surface area contributed by atoms with E-state index in [1.165, 1.54) is 0 Å². The molecule has 2 aromatic heterocycles. The lowest BCUT2D eigenvalue weighted by molar-refractivity contribution is 0.0704. The van der Waals surface area contributed by atoms with Gasteiger partial charge in [0.05, 0.1) is 11.7 Å². The normalized spacial score (nSPS) is 18.4. The molecular formula is C15H19N3O3. The Kier molecular flexibility index (Phi) is 3.77. The number of aromatic nitrogens is 2. The molecule has 1 amide bonds. The highest BCUT2D eigenvalue weighted by Crippen LogP contribution is 2.33. The fourth-order valence-corrected chi connectivity index (χ4v) is 2.77. The quantitative estimate of drug-likeness (QED) is 0.865. The van der Waals surface area contributed by atoms with Gasteiger partial charge in [-0.25, -0.2) is 0 Å². The van der Waals surface area contributed by atoms with Gasteiger partial charge in [-0.3, -0.25) is 4.79 Å². The Balaban J connectivity index is 1.79. The molecule has 6 nitrogen and oxygen atoms in total. The van der Waals surface area contributed by atoms with Gasteiger partial charge in [-0.1, -0.05) is 17.2 Å². The number of rotatable bonds is 4. The Morgan fingerprint density at radius 3 is 2.95 bits per heavy atom. The minimum Gasteiger partial charge on any atom is -0.361 e. The van der Waals surface area contributed by atoms with Crippen LogP contribution in [-0.4, -0.2) is 27.7 Å². The van der Waals surface area contributed by atoms with Gasteiger partial charge < -0.3 is 13.9 Å². The van der Waals surface area contributed by atoms with Crippen molar-refractivity contribution in [3.05, 3.63) is 35.0 Å². The number of nitrogens with zero attached hydrogens (tertiary/aromatic N) is 3. The van der Waals surface area contributed by atoms with Crippen LogP contribution in [0.3, 0.4) is 0 Å². The number of hydrogen-bond donors (Lipinski definition) is 0. The van der Waals surface area contributed by atoms with Crippen molar-refractivity contribution in [3.8, 4) is 0 Å². The van der Waals surface area contributed by atoms with Crippen LogP contribution < -0.4 is 0 Å². The second-order valence-electron chi connectivity index (χ2n) is 5.46. The van der Waals surface area contributed by atoms with Crippen LogP contribution in [0.15, 0.2) is 21.2 Å². The van der Waals surface area contributed by atoms with E-state index in [2.05, 4.69) is 17.2 Å². The highest BCUT2D eigenvalue weighted by atomic mass is 16.5. The Labute approximate surface area is 123 Å². The van der Waals surface area contributed by atoms with E-state index in [-0.39, 0.29) is 11.9 Å². The van der Waals surface area contributed by atoms with Crippen molar-refractivity contribution >= 4 is 5.91 Å². The Morgan fingerprint density at radius 2 is 2.24 bits per heavy atom. The van der Waals surface area contributed by atoms with Gasteiger partial charge in [0, 0.05) is 25.1 Å². The second-order valence-corrected chi connectivity index (χ2v) is 5.46. The fourth-order valence-electron chi connectivity index (χ4n) is 2.77. The largest absolute Gasteiger partial charge is 0.361 e. The maximum atomic E-state index is 12.6. The van der Waals surface area contributed by atoms with Crippen molar-refractivity contribution in [2.45, 2.75) is 45.6 Å². The molecule has 1 fully saturated rings. The zero-order valence-electron chi connectivity index (χ0n) is 12.3. The molecule has 0 spiro atoms. The van der Waals surface area contributed by atoms with Gasteiger partial charge in [-0.2, -0.15) is 0 Å². The molecule has 1 atom stereocenters. The molecule has 0 bridgehead atoms. The Morgan fingerprint density at radius 1 is 1.38 bits per heavy atom. The minimum atomic E-state index is -0.0994. The smallest absolute Gasteiger partial charge is 0.276 e. The molecule has 6 heteroatoms. The van der Waals surface area contributed by atoms with Crippen LogP contribution in [-0.2, 0) is 6.42 Å². The van der Waals surface area contributed by atoms with Crippen molar-refractivity contribution < 1.29 is 13.8 Å². The SMILES string of the molecule is CCCc1cc(C(=O)N2CCCC2c2cc(C)no2)no1. The van der Waals surface area contributed by atoms with Gasteiger partial charge in [0.15, 0.2) is 11.5 Å². The van der Waals surface area contributed by atoms with Crippen molar-refractivity contribution in [1.29, 1.82) is 0 Å². The third-order valence-corrected chi connectivity index (χ3v) is 3.76. The van der Waals surface area contributed by atoms with E-state index in [0.29, 0.717) is 12.2 Å². The summed E-state index contributed by atoms with van der Waals surface area (Å²) >= 11 is 0. The molecule has 0 radical (unpaired) electrons. The van der Waals surface area contributed by atoms with Crippen molar-refractivity contribution in [2.75, 3.05) is 6.54 Å². The van der Waals surface area contributed by atoms with Crippen LogP contribution in [0.2, 0.25) is 0 Å². The van der Waals surface area contributed by atoms with Crippen LogP contribution in [0.25, 0.3) is 0 Å².